The maximum atomic E-state index is 9.01. The molecule has 0 saturated heterocycles. The normalized spacial score (nSPS) is 10.9. The second-order valence-corrected chi connectivity index (χ2v) is 4.65. The molecule has 0 atom stereocenters. The molecule has 0 heterocycles. The van der Waals surface area contributed by atoms with Gasteiger partial charge < -0.3 is 15.7 Å². The zero-order valence-electron chi connectivity index (χ0n) is 11.5. The molecular weight excluding hydrogens is 236 g/mol. The summed E-state index contributed by atoms with van der Waals surface area (Å²) in [6.45, 7) is 4.74. The predicted octanol–water partition coefficient (Wildman–Crippen LogP) is 2.51. The average molecular weight is 258 g/mol. The molecule has 0 spiro atoms. The standard InChI is InChI=1S/C16H22N2O/c1-2-18(10-5-11-19)16-9-8-13(12-17)14-6-3-4-7-15(14)16/h3-4,6-9,19H,2,5,10-12,17H2,1H3. The van der Waals surface area contributed by atoms with Crippen LogP contribution in [0.5, 0.6) is 0 Å². The van der Waals surface area contributed by atoms with Gasteiger partial charge in [0, 0.05) is 37.3 Å². The lowest BCUT2D eigenvalue weighted by atomic mass is 10.0. The van der Waals surface area contributed by atoms with Gasteiger partial charge in [0.2, 0.25) is 0 Å². The summed E-state index contributed by atoms with van der Waals surface area (Å²) in [5, 5.41) is 11.5. The molecule has 0 unspecified atom stereocenters. The summed E-state index contributed by atoms with van der Waals surface area (Å²) in [4.78, 5) is 2.30. The van der Waals surface area contributed by atoms with Gasteiger partial charge in [0.1, 0.15) is 0 Å². The van der Waals surface area contributed by atoms with Crippen molar-refractivity contribution in [2.24, 2.45) is 5.73 Å². The van der Waals surface area contributed by atoms with Gasteiger partial charge in [0.15, 0.2) is 0 Å². The molecule has 0 fully saturated rings. The van der Waals surface area contributed by atoms with E-state index in [0.717, 1.165) is 19.5 Å². The van der Waals surface area contributed by atoms with Gasteiger partial charge in [-0.3, -0.25) is 0 Å². The van der Waals surface area contributed by atoms with Crippen LogP contribution in [-0.4, -0.2) is 24.8 Å². The molecule has 102 valence electrons. The Bertz CT molecular complexity index is 539. The molecule has 0 aliphatic heterocycles. The quantitative estimate of drug-likeness (QED) is 0.837. The molecule has 3 N–H and O–H groups in total. The first-order valence-electron chi connectivity index (χ1n) is 6.88. The molecule has 0 aliphatic rings. The zero-order valence-corrected chi connectivity index (χ0v) is 11.5. The van der Waals surface area contributed by atoms with Crippen LogP contribution in [0.1, 0.15) is 18.9 Å². The van der Waals surface area contributed by atoms with E-state index in [9.17, 15) is 0 Å². The van der Waals surface area contributed by atoms with Crippen molar-refractivity contribution in [1.82, 2.24) is 0 Å². The fourth-order valence-corrected chi connectivity index (χ4v) is 2.51. The maximum absolute atomic E-state index is 9.01. The van der Waals surface area contributed by atoms with E-state index in [4.69, 9.17) is 10.8 Å². The third-order valence-electron chi connectivity index (χ3n) is 3.52. The first kappa shape index (κ1) is 13.8. The van der Waals surface area contributed by atoms with E-state index in [0.29, 0.717) is 6.54 Å². The van der Waals surface area contributed by atoms with Crippen molar-refractivity contribution < 1.29 is 5.11 Å². The zero-order chi connectivity index (χ0) is 13.7. The average Bonchev–Trinajstić information content (AvgIpc) is 2.48. The van der Waals surface area contributed by atoms with Crippen LogP contribution >= 0.6 is 0 Å². The Kier molecular flexibility index (Phi) is 4.77. The fourth-order valence-electron chi connectivity index (χ4n) is 2.51. The summed E-state index contributed by atoms with van der Waals surface area (Å²) in [7, 11) is 0. The number of rotatable bonds is 6. The summed E-state index contributed by atoms with van der Waals surface area (Å²) >= 11 is 0. The molecule has 0 radical (unpaired) electrons. The number of fused-ring (bicyclic) bond motifs is 1. The van der Waals surface area contributed by atoms with Crippen LogP contribution in [0.4, 0.5) is 5.69 Å². The largest absolute Gasteiger partial charge is 0.396 e. The Morgan fingerprint density at radius 3 is 2.47 bits per heavy atom. The molecule has 0 aliphatic carbocycles. The smallest absolute Gasteiger partial charge is 0.0447 e. The molecule has 0 aromatic heterocycles. The molecule has 2 rings (SSSR count). The Balaban J connectivity index is 2.48. The van der Waals surface area contributed by atoms with E-state index in [1.54, 1.807) is 0 Å². The van der Waals surface area contributed by atoms with Gasteiger partial charge >= 0.3 is 0 Å². The molecule has 0 saturated carbocycles. The van der Waals surface area contributed by atoms with Crippen molar-refractivity contribution >= 4 is 16.5 Å². The van der Waals surface area contributed by atoms with E-state index >= 15 is 0 Å². The topological polar surface area (TPSA) is 49.5 Å². The van der Waals surface area contributed by atoms with Crippen molar-refractivity contribution in [2.45, 2.75) is 19.9 Å². The lowest BCUT2D eigenvalue weighted by Crippen LogP contribution is -2.24. The second kappa shape index (κ2) is 6.55. The van der Waals surface area contributed by atoms with Crippen molar-refractivity contribution in [3.63, 3.8) is 0 Å². The molecule has 19 heavy (non-hydrogen) atoms. The summed E-state index contributed by atoms with van der Waals surface area (Å²) in [5.74, 6) is 0. The Hall–Kier alpha value is -1.58. The van der Waals surface area contributed by atoms with Crippen molar-refractivity contribution in [2.75, 3.05) is 24.6 Å². The van der Waals surface area contributed by atoms with Crippen LogP contribution in [0.25, 0.3) is 10.8 Å². The van der Waals surface area contributed by atoms with E-state index in [1.807, 2.05) is 0 Å². The molecular formula is C16H22N2O. The van der Waals surface area contributed by atoms with Gasteiger partial charge in [-0.2, -0.15) is 0 Å². The molecule has 0 bridgehead atoms. The number of aliphatic hydroxyl groups excluding tert-OH is 1. The Morgan fingerprint density at radius 2 is 1.84 bits per heavy atom. The van der Waals surface area contributed by atoms with Crippen LogP contribution in [0, 0.1) is 0 Å². The van der Waals surface area contributed by atoms with Gasteiger partial charge in [0.05, 0.1) is 0 Å². The maximum Gasteiger partial charge on any atom is 0.0447 e. The van der Waals surface area contributed by atoms with Crippen molar-refractivity contribution in [3.05, 3.63) is 42.0 Å². The second-order valence-electron chi connectivity index (χ2n) is 4.65. The van der Waals surface area contributed by atoms with E-state index < -0.39 is 0 Å². The van der Waals surface area contributed by atoms with Crippen molar-refractivity contribution in [1.29, 1.82) is 0 Å². The van der Waals surface area contributed by atoms with Gasteiger partial charge in [-0.25, -0.2) is 0 Å². The molecule has 3 nitrogen and oxygen atoms in total. The van der Waals surface area contributed by atoms with Crippen LogP contribution in [0.2, 0.25) is 0 Å². The lowest BCUT2D eigenvalue weighted by molar-refractivity contribution is 0.289. The highest BCUT2D eigenvalue weighted by Gasteiger charge is 2.10. The molecule has 2 aromatic carbocycles. The monoisotopic (exact) mass is 258 g/mol. The molecule has 0 amide bonds. The summed E-state index contributed by atoms with van der Waals surface area (Å²) in [6.07, 6.45) is 0.792. The van der Waals surface area contributed by atoms with E-state index in [2.05, 4.69) is 48.2 Å². The summed E-state index contributed by atoms with van der Waals surface area (Å²) < 4.78 is 0. The Labute approximate surface area is 114 Å². The Morgan fingerprint density at radius 1 is 1.11 bits per heavy atom. The van der Waals surface area contributed by atoms with Crippen LogP contribution in [0.15, 0.2) is 36.4 Å². The number of hydrogen-bond acceptors (Lipinski definition) is 3. The molecule has 2 aromatic rings. The van der Waals surface area contributed by atoms with Crippen LogP contribution in [-0.2, 0) is 6.54 Å². The third kappa shape index (κ3) is 2.88. The number of anilines is 1. The van der Waals surface area contributed by atoms with E-state index in [1.165, 1.54) is 22.0 Å². The first-order valence-corrected chi connectivity index (χ1v) is 6.88. The van der Waals surface area contributed by atoms with Gasteiger partial charge in [-0.15, -0.1) is 0 Å². The minimum atomic E-state index is 0.231. The van der Waals surface area contributed by atoms with Crippen LogP contribution < -0.4 is 10.6 Å². The minimum Gasteiger partial charge on any atom is -0.396 e. The number of nitrogens with two attached hydrogens (primary N) is 1. The molecule has 3 heteroatoms. The lowest BCUT2D eigenvalue weighted by Gasteiger charge is -2.25. The summed E-state index contributed by atoms with van der Waals surface area (Å²) in [5.41, 5.74) is 8.21. The minimum absolute atomic E-state index is 0.231. The number of hydrogen-bond donors (Lipinski definition) is 2. The third-order valence-corrected chi connectivity index (χ3v) is 3.52. The van der Waals surface area contributed by atoms with Crippen molar-refractivity contribution in [3.8, 4) is 0 Å². The SMILES string of the molecule is CCN(CCCO)c1ccc(CN)c2ccccc12. The number of aliphatic hydroxyl groups is 1. The van der Waals surface area contributed by atoms with Crippen LogP contribution in [0.3, 0.4) is 0 Å². The predicted molar refractivity (Wildman–Crippen MR) is 81.4 cm³/mol. The van der Waals surface area contributed by atoms with E-state index in [-0.39, 0.29) is 6.61 Å². The number of nitrogens with zero attached hydrogens (tertiary/aromatic N) is 1. The number of benzene rings is 2. The highest BCUT2D eigenvalue weighted by atomic mass is 16.3. The highest BCUT2D eigenvalue weighted by Crippen LogP contribution is 2.29. The summed E-state index contributed by atoms with van der Waals surface area (Å²) in [6, 6.07) is 12.6. The first-order chi connectivity index (χ1) is 9.31. The fraction of sp³-hybridized carbons (Fsp3) is 0.375. The van der Waals surface area contributed by atoms with Gasteiger partial charge in [0.25, 0.3) is 0 Å². The van der Waals surface area contributed by atoms with Gasteiger partial charge in [-0.1, -0.05) is 30.3 Å². The highest BCUT2D eigenvalue weighted by molar-refractivity contribution is 5.96. The van der Waals surface area contributed by atoms with Gasteiger partial charge in [-0.05, 0) is 30.4 Å².